The van der Waals surface area contributed by atoms with Crippen molar-refractivity contribution in [3.8, 4) is 0 Å². The van der Waals surface area contributed by atoms with Crippen LogP contribution in [-0.4, -0.2) is 6.03 Å². The van der Waals surface area contributed by atoms with Gasteiger partial charge in [0.05, 0.1) is 5.54 Å². The summed E-state index contributed by atoms with van der Waals surface area (Å²) < 4.78 is 0. The van der Waals surface area contributed by atoms with Gasteiger partial charge in [0.2, 0.25) is 0 Å². The Hall–Kier alpha value is -1.51. The molecular formula is C11H16N2O. The first kappa shape index (κ1) is 10.6. The molecular weight excluding hydrogens is 176 g/mol. The SMILES string of the molecule is CC[C@@](C)(NC(N)=O)c1ccccc1. The second-order valence-corrected chi connectivity index (χ2v) is 3.54. The molecule has 0 aliphatic heterocycles. The van der Waals surface area contributed by atoms with Gasteiger partial charge in [0, 0.05) is 0 Å². The van der Waals surface area contributed by atoms with Gasteiger partial charge in [-0.3, -0.25) is 0 Å². The summed E-state index contributed by atoms with van der Waals surface area (Å²) in [6.45, 7) is 3.98. The number of hydrogen-bond donors (Lipinski definition) is 2. The molecule has 0 bridgehead atoms. The zero-order valence-corrected chi connectivity index (χ0v) is 8.58. The largest absolute Gasteiger partial charge is 0.352 e. The third-order valence-corrected chi connectivity index (χ3v) is 2.52. The normalized spacial score (nSPS) is 14.4. The molecule has 14 heavy (non-hydrogen) atoms. The van der Waals surface area contributed by atoms with Crippen molar-refractivity contribution >= 4 is 6.03 Å². The molecule has 0 unspecified atom stereocenters. The van der Waals surface area contributed by atoms with Crippen LogP contribution in [0.1, 0.15) is 25.8 Å². The van der Waals surface area contributed by atoms with E-state index in [1.807, 2.05) is 44.2 Å². The summed E-state index contributed by atoms with van der Waals surface area (Å²) in [5.41, 5.74) is 5.84. The second-order valence-electron chi connectivity index (χ2n) is 3.54. The lowest BCUT2D eigenvalue weighted by Crippen LogP contribution is -2.45. The van der Waals surface area contributed by atoms with Gasteiger partial charge in [-0.2, -0.15) is 0 Å². The first-order chi connectivity index (χ1) is 6.58. The molecule has 0 spiro atoms. The number of amides is 2. The second kappa shape index (κ2) is 4.13. The van der Waals surface area contributed by atoms with E-state index in [-0.39, 0.29) is 5.54 Å². The summed E-state index contributed by atoms with van der Waals surface area (Å²) in [5.74, 6) is 0. The summed E-state index contributed by atoms with van der Waals surface area (Å²) in [4.78, 5) is 10.9. The number of nitrogens with two attached hydrogens (primary N) is 1. The third kappa shape index (κ3) is 2.25. The van der Waals surface area contributed by atoms with Crippen molar-refractivity contribution in [3.63, 3.8) is 0 Å². The summed E-state index contributed by atoms with van der Waals surface area (Å²) in [5, 5.41) is 2.76. The van der Waals surface area contributed by atoms with Gasteiger partial charge in [0.1, 0.15) is 0 Å². The molecule has 0 saturated heterocycles. The quantitative estimate of drug-likeness (QED) is 0.756. The molecule has 3 nitrogen and oxygen atoms in total. The van der Waals surface area contributed by atoms with E-state index in [1.54, 1.807) is 0 Å². The van der Waals surface area contributed by atoms with Gasteiger partial charge < -0.3 is 11.1 Å². The topological polar surface area (TPSA) is 55.1 Å². The van der Waals surface area contributed by atoms with Crippen LogP contribution in [0.25, 0.3) is 0 Å². The Morgan fingerprint density at radius 1 is 1.43 bits per heavy atom. The van der Waals surface area contributed by atoms with Crippen LogP contribution in [-0.2, 0) is 5.54 Å². The van der Waals surface area contributed by atoms with E-state index >= 15 is 0 Å². The molecule has 1 aromatic rings. The van der Waals surface area contributed by atoms with E-state index < -0.39 is 6.03 Å². The van der Waals surface area contributed by atoms with Gasteiger partial charge in [-0.25, -0.2) is 4.79 Å². The highest BCUT2D eigenvalue weighted by atomic mass is 16.2. The van der Waals surface area contributed by atoms with Crippen molar-refractivity contribution in [3.05, 3.63) is 35.9 Å². The van der Waals surface area contributed by atoms with E-state index in [2.05, 4.69) is 5.32 Å². The number of nitrogens with one attached hydrogen (secondary N) is 1. The highest BCUT2D eigenvalue weighted by Gasteiger charge is 2.24. The van der Waals surface area contributed by atoms with Crippen LogP contribution in [0.2, 0.25) is 0 Å². The average molecular weight is 192 g/mol. The Balaban J connectivity index is 2.95. The fourth-order valence-corrected chi connectivity index (χ4v) is 1.44. The molecule has 1 rings (SSSR count). The van der Waals surface area contributed by atoms with E-state index in [1.165, 1.54) is 0 Å². The summed E-state index contributed by atoms with van der Waals surface area (Å²) in [6, 6.07) is 9.33. The van der Waals surface area contributed by atoms with Gasteiger partial charge in [-0.1, -0.05) is 37.3 Å². The van der Waals surface area contributed by atoms with Crippen molar-refractivity contribution in [2.24, 2.45) is 5.73 Å². The molecule has 3 heteroatoms. The Morgan fingerprint density at radius 3 is 2.43 bits per heavy atom. The maximum absolute atomic E-state index is 10.9. The molecule has 76 valence electrons. The minimum absolute atomic E-state index is 0.368. The number of benzene rings is 1. The van der Waals surface area contributed by atoms with Crippen molar-refractivity contribution in [1.29, 1.82) is 0 Å². The zero-order valence-electron chi connectivity index (χ0n) is 8.58. The van der Waals surface area contributed by atoms with E-state index in [4.69, 9.17) is 5.73 Å². The third-order valence-electron chi connectivity index (χ3n) is 2.52. The molecule has 0 fully saturated rings. The van der Waals surface area contributed by atoms with Crippen molar-refractivity contribution in [2.45, 2.75) is 25.8 Å². The highest BCUT2D eigenvalue weighted by molar-refractivity contribution is 5.72. The zero-order chi connectivity index (χ0) is 10.6. The number of carbonyl (C=O) groups excluding carboxylic acids is 1. The van der Waals surface area contributed by atoms with E-state index in [0.717, 1.165) is 12.0 Å². The first-order valence-electron chi connectivity index (χ1n) is 4.71. The molecule has 1 atom stereocenters. The van der Waals surface area contributed by atoms with E-state index in [0.29, 0.717) is 0 Å². The fourth-order valence-electron chi connectivity index (χ4n) is 1.44. The lowest BCUT2D eigenvalue weighted by atomic mass is 9.89. The number of urea groups is 1. The summed E-state index contributed by atoms with van der Waals surface area (Å²) in [6.07, 6.45) is 0.806. The Labute approximate surface area is 84.3 Å². The van der Waals surface area contributed by atoms with Crippen molar-refractivity contribution in [1.82, 2.24) is 5.32 Å². The molecule has 0 aromatic heterocycles. The summed E-state index contributed by atoms with van der Waals surface area (Å²) in [7, 11) is 0. The molecule has 0 saturated carbocycles. The van der Waals surface area contributed by atoms with Crippen LogP contribution in [0, 0.1) is 0 Å². The molecule has 0 heterocycles. The van der Waals surface area contributed by atoms with Gasteiger partial charge >= 0.3 is 6.03 Å². The molecule has 0 radical (unpaired) electrons. The van der Waals surface area contributed by atoms with Gasteiger partial charge in [0.25, 0.3) is 0 Å². The van der Waals surface area contributed by atoms with Crippen molar-refractivity contribution < 1.29 is 4.79 Å². The Bertz CT molecular complexity index is 310. The molecule has 0 aliphatic carbocycles. The monoisotopic (exact) mass is 192 g/mol. The predicted molar refractivity (Wildman–Crippen MR) is 56.8 cm³/mol. The number of primary amides is 1. The van der Waals surface area contributed by atoms with Gasteiger partial charge in [-0.05, 0) is 18.9 Å². The minimum atomic E-state index is -0.488. The van der Waals surface area contributed by atoms with Gasteiger partial charge in [0.15, 0.2) is 0 Å². The molecule has 3 N–H and O–H groups in total. The lowest BCUT2D eigenvalue weighted by molar-refractivity contribution is 0.234. The van der Waals surface area contributed by atoms with Crippen LogP contribution < -0.4 is 11.1 Å². The highest BCUT2D eigenvalue weighted by Crippen LogP contribution is 2.23. The van der Waals surface area contributed by atoms with E-state index in [9.17, 15) is 4.79 Å². The number of carbonyl (C=O) groups is 1. The van der Waals surface area contributed by atoms with Gasteiger partial charge in [-0.15, -0.1) is 0 Å². The number of rotatable bonds is 3. The first-order valence-corrected chi connectivity index (χ1v) is 4.71. The van der Waals surface area contributed by atoms with Crippen LogP contribution >= 0.6 is 0 Å². The molecule has 1 aromatic carbocycles. The minimum Gasteiger partial charge on any atom is -0.352 e. The smallest absolute Gasteiger partial charge is 0.312 e. The van der Waals surface area contributed by atoms with Crippen molar-refractivity contribution in [2.75, 3.05) is 0 Å². The predicted octanol–water partition coefficient (Wildman–Crippen LogP) is 1.98. The fraction of sp³-hybridized carbons (Fsp3) is 0.364. The maximum Gasteiger partial charge on any atom is 0.312 e. The summed E-state index contributed by atoms with van der Waals surface area (Å²) >= 11 is 0. The molecule has 0 aliphatic rings. The van der Waals surface area contributed by atoms with Crippen LogP contribution in [0.15, 0.2) is 30.3 Å². The molecule has 2 amide bonds. The maximum atomic E-state index is 10.9. The van der Waals surface area contributed by atoms with Crippen LogP contribution in [0.3, 0.4) is 0 Å². The van der Waals surface area contributed by atoms with Crippen LogP contribution in [0.4, 0.5) is 4.79 Å². The Morgan fingerprint density at radius 2 is 2.00 bits per heavy atom. The average Bonchev–Trinajstić information content (AvgIpc) is 2.18. The lowest BCUT2D eigenvalue weighted by Gasteiger charge is -2.29. The standard InChI is InChI=1S/C11H16N2O/c1-3-11(2,13-10(12)14)9-7-5-4-6-8-9/h4-8H,3H2,1-2H3,(H3,12,13,14)/t11-/m1/s1. The Kier molecular flexibility index (Phi) is 3.12. The van der Waals surface area contributed by atoms with Crippen LogP contribution in [0.5, 0.6) is 0 Å². The number of hydrogen-bond acceptors (Lipinski definition) is 1.